The van der Waals surface area contributed by atoms with E-state index in [-0.39, 0.29) is 0 Å². The van der Waals surface area contributed by atoms with Crippen LogP contribution in [0.1, 0.15) is 34.6 Å². The first kappa shape index (κ1) is 16.6. The van der Waals surface area contributed by atoms with E-state index in [1.54, 1.807) is 12.3 Å². The van der Waals surface area contributed by atoms with E-state index in [0.717, 1.165) is 5.70 Å². The summed E-state index contributed by atoms with van der Waals surface area (Å²) in [5.41, 5.74) is 0.859. The Morgan fingerprint density at radius 3 is 1.55 bits per heavy atom. The zero-order chi connectivity index (χ0) is 9.70. The summed E-state index contributed by atoms with van der Waals surface area (Å²) in [6.07, 6.45) is 3.47. The van der Waals surface area contributed by atoms with E-state index in [1.807, 2.05) is 34.6 Å². The molecular formula is C10H21N. The zero-order valence-corrected chi connectivity index (χ0v) is 8.52. The average Bonchev–Trinajstić information content (AvgIpc) is 1.93. The Bertz CT molecular complexity index is 101. The first-order valence-corrected chi connectivity index (χ1v) is 3.90. The summed E-state index contributed by atoms with van der Waals surface area (Å²) >= 11 is 0. The number of nitrogens with zero attached hydrogens (tertiary/aromatic N) is 1. The molecule has 0 spiro atoms. The summed E-state index contributed by atoms with van der Waals surface area (Å²) in [7, 11) is 0. The highest BCUT2D eigenvalue weighted by molar-refractivity contribution is 5.54. The number of hydrogen-bond acceptors (Lipinski definition) is 1. The molecule has 0 N–H and O–H groups in total. The fourth-order valence-electron chi connectivity index (χ4n) is 0.220. The molecule has 0 aromatic heterocycles. The van der Waals surface area contributed by atoms with Crippen LogP contribution in [0.3, 0.4) is 0 Å². The van der Waals surface area contributed by atoms with Gasteiger partial charge in [0, 0.05) is 11.9 Å². The first-order chi connectivity index (χ1) is 5.18. The minimum absolute atomic E-state index is 0.859. The molecule has 11 heavy (non-hydrogen) atoms. The Morgan fingerprint density at radius 2 is 1.55 bits per heavy atom. The molecule has 0 heterocycles. The molecular weight excluding hydrogens is 134 g/mol. The van der Waals surface area contributed by atoms with Crippen molar-refractivity contribution in [1.82, 2.24) is 0 Å². The molecule has 1 heteroatoms. The molecule has 1 nitrogen and oxygen atoms in total. The summed E-state index contributed by atoms with van der Waals surface area (Å²) in [4.78, 5) is 3.81. The van der Waals surface area contributed by atoms with Crippen LogP contribution in [0.2, 0.25) is 0 Å². The van der Waals surface area contributed by atoms with Crippen LogP contribution in [0, 0.1) is 0 Å². The van der Waals surface area contributed by atoms with E-state index in [0.29, 0.717) is 0 Å². The van der Waals surface area contributed by atoms with Crippen molar-refractivity contribution in [3.8, 4) is 0 Å². The summed E-state index contributed by atoms with van der Waals surface area (Å²) in [5.74, 6) is 0. The average molecular weight is 155 g/mol. The SMILES string of the molecule is C=C(C)N=CC.C=CC.CC. The normalized spacial score (nSPS) is 7.00. The van der Waals surface area contributed by atoms with E-state index >= 15 is 0 Å². The van der Waals surface area contributed by atoms with Gasteiger partial charge in [-0.1, -0.05) is 26.5 Å². The minimum atomic E-state index is 0.859. The van der Waals surface area contributed by atoms with Crippen molar-refractivity contribution in [1.29, 1.82) is 0 Å². The molecule has 0 saturated heterocycles. The molecule has 0 atom stereocenters. The lowest BCUT2D eigenvalue weighted by Gasteiger charge is -1.77. The lowest BCUT2D eigenvalue weighted by Crippen LogP contribution is -1.60. The van der Waals surface area contributed by atoms with Crippen molar-refractivity contribution in [2.75, 3.05) is 0 Å². The Balaban J connectivity index is -0.000000109. The number of aliphatic imine (C=N–C) groups is 1. The van der Waals surface area contributed by atoms with E-state index in [2.05, 4.69) is 18.2 Å². The highest BCUT2D eigenvalue weighted by Crippen LogP contribution is 1.82. The number of hydrogen-bond donors (Lipinski definition) is 0. The van der Waals surface area contributed by atoms with Gasteiger partial charge in [0.25, 0.3) is 0 Å². The topological polar surface area (TPSA) is 12.4 Å². The van der Waals surface area contributed by atoms with Crippen LogP contribution in [-0.2, 0) is 0 Å². The van der Waals surface area contributed by atoms with Crippen LogP contribution in [-0.4, -0.2) is 6.21 Å². The Kier molecular flexibility index (Phi) is 34.6. The lowest BCUT2D eigenvalue weighted by molar-refractivity contribution is 1.34. The molecule has 66 valence electrons. The largest absolute Gasteiger partial charge is 0.267 e. The number of rotatable bonds is 1. The van der Waals surface area contributed by atoms with Gasteiger partial charge in [-0.25, -0.2) is 0 Å². The zero-order valence-electron chi connectivity index (χ0n) is 8.52. The first-order valence-electron chi connectivity index (χ1n) is 3.90. The van der Waals surface area contributed by atoms with Gasteiger partial charge in [0.2, 0.25) is 0 Å². The summed E-state index contributed by atoms with van der Waals surface area (Å²) in [6, 6.07) is 0. The van der Waals surface area contributed by atoms with Crippen molar-refractivity contribution in [2.45, 2.75) is 34.6 Å². The van der Waals surface area contributed by atoms with Gasteiger partial charge in [0.1, 0.15) is 0 Å². The third-order valence-electron chi connectivity index (χ3n) is 0.349. The van der Waals surface area contributed by atoms with Gasteiger partial charge in [-0.3, -0.25) is 4.99 Å². The van der Waals surface area contributed by atoms with E-state index in [1.165, 1.54) is 0 Å². The molecule has 0 aliphatic carbocycles. The molecule has 0 aliphatic heterocycles. The standard InChI is InChI=1S/C5H9N.C3H6.C2H6/c1-4-6-5(2)3;1-3-2;1-2/h4H,2H2,1,3H3;3H,1H2,2H3;1-2H3. The lowest BCUT2D eigenvalue weighted by atomic mass is 10.6. The van der Waals surface area contributed by atoms with Crippen LogP contribution in [0.4, 0.5) is 0 Å². The second kappa shape index (κ2) is 22.9. The molecule has 0 unspecified atom stereocenters. The Labute approximate surface area is 71.6 Å². The van der Waals surface area contributed by atoms with Gasteiger partial charge in [-0.05, 0) is 20.8 Å². The maximum absolute atomic E-state index is 3.81. The van der Waals surface area contributed by atoms with Crippen LogP contribution >= 0.6 is 0 Å². The van der Waals surface area contributed by atoms with Gasteiger partial charge >= 0.3 is 0 Å². The summed E-state index contributed by atoms with van der Waals surface area (Å²) < 4.78 is 0. The van der Waals surface area contributed by atoms with Crippen LogP contribution in [0.25, 0.3) is 0 Å². The van der Waals surface area contributed by atoms with Gasteiger partial charge < -0.3 is 0 Å². The van der Waals surface area contributed by atoms with Crippen molar-refractivity contribution in [3.63, 3.8) is 0 Å². The molecule has 0 saturated carbocycles. The van der Waals surface area contributed by atoms with Gasteiger partial charge in [-0.2, -0.15) is 0 Å². The van der Waals surface area contributed by atoms with E-state index < -0.39 is 0 Å². The molecule has 0 aliphatic rings. The predicted octanol–water partition coefficient (Wildman–Crippen LogP) is 3.83. The molecule has 0 fully saturated rings. The van der Waals surface area contributed by atoms with Crippen molar-refractivity contribution in [3.05, 3.63) is 24.9 Å². The van der Waals surface area contributed by atoms with E-state index in [4.69, 9.17) is 0 Å². The maximum Gasteiger partial charge on any atom is 0.0296 e. The quantitative estimate of drug-likeness (QED) is 0.403. The fraction of sp³-hybridized carbons (Fsp3) is 0.500. The van der Waals surface area contributed by atoms with Crippen LogP contribution in [0.5, 0.6) is 0 Å². The summed E-state index contributed by atoms with van der Waals surface area (Å²) in [5, 5.41) is 0. The Hall–Kier alpha value is -0.850. The van der Waals surface area contributed by atoms with Gasteiger partial charge in [0.05, 0.1) is 0 Å². The second-order valence-electron chi connectivity index (χ2n) is 1.53. The van der Waals surface area contributed by atoms with E-state index in [9.17, 15) is 0 Å². The highest BCUT2D eigenvalue weighted by atomic mass is 14.7. The van der Waals surface area contributed by atoms with Gasteiger partial charge in [-0.15, -0.1) is 6.58 Å². The molecule has 0 radical (unpaired) electrons. The smallest absolute Gasteiger partial charge is 0.0296 e. The monoisotopic (exact) mass is 155 g/mol. The molecule has 0 rings (SSSR count). The number of allylic oxidation sites excluding steroid dienone is 2. The van der Waals surface area contributed by atoms with Crippen LogP contribution < -0.4 is 0 Å². The van der Waals surface area contributed by atoms with Crippen molar-refractivity contribution < 1.29 is 0 Å². The highest BCUT2D eigenvalue weighted by Gasteiger charge is 1.64. The molecule has 0 amide bonds. The van der Waals surface area contributed by atoms with Crippen LogP contribution in [0.15, 0.2) is 29.9 Å². The van der Waals surface area contributed by atoms with Crippen molar-refractivity contribution >= 4 is 6.21 Å². The van der Waals surface area contributed by atoms with Crippen molar-refractivity contribution in [2.24, 2.45) is 4.99 Å². The molecule has 0 aromatic rings. The third kappa shape index (κ3) is 101. The predicted molar refractivity (Wildman–Crippen MR) is 56.2 cm³/mol. The minimum Gasteiger partial charge on any atom is -0.267 e. The van der Waals surface area contributed by atoms with Gasteiger partial charge in [0.15, 0.2) is 0 Å². The fourth-order valence-corrected chi connectivity index (χ4v) is 0.220. The summed E-state index contributed by atoms with van der Waals surface area (Å²) in [6.45, 7) is 16.5. The second-order valence-corrected chi connectivity index (χ2v) is 1.53. The molecule has 0 aromatic carbocycles. The molecule has 0 bridgehead atoms. The maximum atomic E-state index is 3.81. The third-order valence-corrected chi connectivity index (χ3v) is 0.349. The Morgan fingerprint density at radius 1 is 1.27 bits per heavy atom.